The SMILES string of the molecule is NC(=O)C1(c2ccccc2)CCN(C(C(=O)O)C2(c3ccc(Cl)c(Cl)c3)CCN(C(=O)c3ccccc3)C2)CC1. The monoisotopic (exact) mass is 579 g/mol. The molecule has 2 saturated heterocycles. The van der Waals surface area contributed by atoms with E-state index in [9.17, 15) is 19.5 Å². The van der Waals surface area contributed by atoms with Gasteiger partial charge in [-0.2, -0.15) is 0 Å². The minimum atomic E-state index is -0.994. The average molecular weight is 581 g/mol. The van der Waals surface area contributed by atoms with Gasteiger partial charge in [0.05, 0.1) is 15.5 Å². The van der Waals surface area contributed by atoms with Crippen LogP contribution >= 0.6 is 23.2 Å². The van der Waals surface area contributed by atoms with E-state index in [0.717, 1.165) is 5.56 Å². The molecular formula is C31H31Cl2N3O4. The van der Waals surface area contributed by atoms with Crippen LogP contribution in [0.4, 0.5) is 0 Å². The molecule has 2 atom stereocenters. The number of carbonyl (C=O) groups is 3. The third-order valence-corrected chi connectivity index (χ3v) is 9.41. The van der Waals surface area contributed by atoms with Gasteiger partial charge >= 0.3 is 5.97 Å². The zero-order chi connectivity index (χ0) is 28.5. The second-order valence-electron chi connectivity index (χ2n) is 10.7. The molecule has 0 aromatic heterocycles. The molecule has 3 aromatic carbocycles. The van der Waals surface area contributed by atoms with Crippen molar-refractivity contribution in [2.24, 2.45) is 5.73 Å². The first-order valence-electron chi connectivity index (χ1n) is 13.3. The van der Waals surface area contributed by atoms with Crippen LogP contribution in [-0.4, -0.2) is 64.9 Å². The lowest BCUT2D eigenvalue weighted by Gasteiger charge is -2.47. The molecule has 3 aromatic rings. The molecule has 2 fully saturated rings. The van der Waals surface area contributed by atoms with Crippen LogP contribution in [-0.2, 0) is 20.4 Å². The number of carboxylic acids is 1. The van der Waals surface area contributed by atoms with Gasteiger partial charge in [-0.3, -0.25) is 19.3 Å². The van der Waals surface area contributed by atoms with E-state index in [2.05, 4.69) is 0 Å². The Morgan fingerprint density at radius 3 is 2.00 bits per heavy atom. The normalized spacial score (nSPS) is 21.6. The van der Waals surface area contributed by atoms with Crippen molar-refractivity contribution in [1.29, 1.82) is 0 Å². The fourth-order valence-corrected chi connectivity index (χ4v) is 6.83. The number of rotatable bonds is 7. The van der Waals surface area contributed by atoms with Gasteiger partial charge in [0.15, 0.2) is 0 Å². The predicted octanol–water partition coefficient (Wildman–Crippen LogP) is 4.75. The fraction of sp³-hybridized carbons (Fsp3) is 0.323. The molecule has 208 valence electrons. The minimum absolute atomic E-state index is 0.151. The first-order valence-corrected chi connectivity index (χ1v) is 14.1. The predicted molar refractivity (Wildman–Crippen MR) is 155 cm³/mol. The number of halogens is 2. The summed E-state index contributed by atoms with van der Waals surface area (Å²) in [5, 5.41) is 11.4. The van der Waals surface area contributed by atoms with Crippen LogP contribution < -0.4 is 5.73 Å². The third-order valence-electron chi connectivity index (χ3n) is 8.68. The maximum Gasteiger partial charge on any atom is 0.321 e. The summed E-state index contributed by atoms with van der Waals surface area (Å²) in [4.78, 5) is 43.0. The molecule has 0 aliphatic carbocycles. The molecular weight excluding hydrogens is 549 g/mol. The molecule has 2 aliphatic rings. The van der Waals surface area contributed by atoms with Crippen LogP contribution in [0.1, 0.15) is 40.7 Å². The zero-order valence-corrected chi connectivity index (χ0v) is 23.4. The molecule has 0 radical (unpaired) electrons. The molecule has 2 aliphatic heterocycles. The van der Waals surface area contributed by atoms with E-state index in [1.807, 2.05) is 47.4 Å². The van der Waals surface area contributed by atoms with Crippen molar-refractivity contribution >= 4 is 41.0 Å². The molecule has 0 bridgehead atoms. The Morgan fingerprint density at radius 2 is 1.43 bits per heavy atom. The van der Waals surface area contributed by atoms with Gasteiger partial charge in [-0.1, -0.05) is 77.8 Å². The number of piperidine rings is 1. The molecule has 9 heteroatoms. The minimum Gasteiger partial charge on any atom is -0.480 e. The average Bonchev–Trinajstić information content (AvgIpc) is 3.41. The molecule has 0 spiro atoms. The van der Waals surface area contributed by atoms with Crippen molar-refractivity contribution in [3.8, 4) is 0 Å². The number of nitrogens with two attached hydrogens (primary N) is 1. The Bertz CT molecular complexity index is 1410. The lowest BCUT2D eigenvalue weighted by molar-refractivity contribution is -0.147. The van der Waals surface area contributed by atoms with Crippen LogP contribution in [0.2, 0.25) is 10.0 Å². The summed E-state index contributed by atoms with van der Waals surface area (Å²) >= 11 is 12.7. The van der Waals surface area contributed by atoms with Crippen molar-refractivity contribution < 1.29 is 19.5 Å². The van der Waals surface area contributed by atoms with Gasteiger partial charge in [0.25, 0.3) is 5.91 Å². The van der Waals surface area contributed by atoms with E-state index >= 15 is 0 Å². The fourth-order valence-electron chi connectivity index (χ4n) is 6.53. The maximum absolute atomic E-state index is 13.4. The molecule has 2 unspecified atom stereocenters. The van der Waals surface area contributed by atoms with E-state index in [-0.39, 0.29) is 12.5 Å². The molecule has 2 heterocycles. The van der Waals surface area contributed by atoms with E-state index in [1.165, 1.54) is 0 Å². The van der Waals surface area contributed by atoms with E-state index in [4.69, 9.17) is 28.9 Å². The van der Waals surface area contributed by atoms with Gasteiger partial charge in [0.2, 0.25) is 5.91 Å². The zero-order valence-electron chi connectivity index (χ0n) is 21.9. The number of hydrogen-bond donors (Lipinski definition) is 2. The van der Waals surface area contributed by atoms with Crippen LogP contribution in [0.25, 0.3) is 0 Å². The summed E-state index contributed by atoms with van der Waals surface area (Å²) < 4.78 is 0. The van der Waals surface area contributed by atoms with Gasteiger partial charge < -0.3 is 15.7 Å². The summed E-state index contributed by atoms with van der Waals surface area (Å²) in [6.07, 6.45) is 1.21. The van der Waals surface area contributed by atoms with Crippen molar-refractivity contribution in [2.45, 2.75) is 36.1 Å². The number of likely N-dealkylation sites (tertiary alicyclic amines) is 2. The maximum atomic E-state index is 13.4. The van der Waals surface area contributed by atoms with Crippen molar-refractivity contribution in [3.05, 3.63) is 106 Å². The number of aliphatic carboxylic acids is 1. The highest BCUT2D eigenvalue weighted by Crippen LogP contribution is 2.45. The Balaban J connectivity index is 1.51. The largest absolute Gasteiger partial charge is 0.480 e. The second-order valence-corrected chi connectivity index (χ2v) is 11.5. The molecule has 0 saturated carbocycles. The van der Waals surface area contributed by atoms with Crippen LogP contribution in [0, 0.1) is 0 Å². The number of benzene rings is 3. The number of carbonyl (C=O) groups excluding carboxylic acids is 2. The highest BCUT2D eigenvalue weighted by Gasteiger charge is 2.54. The van der Waals surface area contributed by atoms with Crippen molar-refractivity contribution in [1.82, 2.24) is 9.80 Å². The quantitative estimate of drug-likeness (QED) is 0.420. The molecule has 2 amide bonds. The van der Waals surface area contributed by atoms with Gasteiger partial charge in [-0.25, -0.2) is 0 Å². The Labute approximate surface area is 243 Å². The topological polar surface area (TPSA) is 104 Å². The Hall–Kier alpha value is -3.39. The summed E-state index contributed by atoms with van der Waals surface area (Å²) in [6.45, 7) is 1.29. The Morgan fingerprint density at radius 1 is 0.800 bits per heavy atom. The summed E-state index contributed by atoms with van der Waals surface area (Å²) in [7, 11) is 0. The van der Waals surface area contributed by atoms with Gasteiger partial charge in [-0.15, -0.1) is 0 Å². The highest BCUT2D eigenvalue weighted by atomic mass is 35.5. The number of carboxylic acid groups (broad SMARTS) is 1. The lowest BCUT2D eigenvalue weighted by Crippen LogP contribution is -2.61. The van der Waals surface area contributed by atoms with Gasteiger partial charge in [-0.05, 0) is 54.7 Å². The molecule has 3 N–H and O–H groups in total. The van der Waals surface area contributed by atoms with Crippen molar-refractivity contribution in [3.63, 3.8) is 0 Å². The standard InChI is InChI=1S/C31H31Cl2N3O4/c32-24-12-11-23(19-25(24)33)31(15-18-36(20-31)27(37)21-7-3-1-4-8-21)26(28(38)39)35-16-13-30(14-17-35,29(34)40)22-9-5-2-6-10-22/h1-12,19,26H,13-18,20H2,(H2,34,40)(H,38,39). The Kier molecular flexibility index (Phi) is 7.91. The second kappa shape index (κ2) is 11.2. The first-order chi connectivity index (χ1) is 19.2. The van der Waals surface area contributed by atoms with Gasteiger partial charge in [0.1, 0.15) is 6.04 Å². The van der Waals surface area contributed by atoms with E-state index in [0.29, 0.717) is 60.1 Å². The molecule has 7 nitrogen and oxygen atoms in total. The molecule has 5 rings (SSSR count). The molecule has 40 heavy (non-hydrogen) atoms. The lowest BCUT2D eigenvalue weighted by atomic mass is 9.69. The van der Waals surface area contributed by atoms with Gasteiger partial charge in [0, 0.05) is 37.2 Å². The van der Waals surface area contributed by atoms with Crippen molar-refractivity contribution in [2.75, 3.05) is 26.2 Å². The third kappa shape index (κ3) is 4.98. The van der Waals surface area contributed by atoms with Crippen LogP contribution in [0.5, 0.6) is 0 Å². The highest BCUT2D eigenvalue weighted by molar-refractivity contribution is 6.42. The van der Waals surface area contributed by atoms with Crippen LogP contribution in [0.3, 0.4) is 0 Å². The van der Waals surface area contributed by atoms with E-state index < -0.39 is 28.7 Å². The summed E-state index contributed by atoms with van der Waals surface area (Å²) in [5.41, 5.74) is 6.22. The number of amides is 2. The number of hydrogen-bond acceptors (Lipinski definition) is 4. The van der Waals surface area contributed by atoms with Crippen LogP contribution in [0.15, 0.2) is 78.9 Å². The number of nitrogens with zero attached hydrogens (tertiary/aromatic N) is 2. The summed E-state index contributed by atoms with van der Waals surface area (Å²) in [6, 6.07) is 22.6. The summed E-state index contributed by atoms with van der Waals surface area (Å²) in [5.74, 6) is -1.56. The number of primary amides is 1. The van der Waals surface area contributed by atoms with E-state index in [1.54, 1.807) is 41.3 Å². The smallest absolute Gasteiger partial charge is 0.321 e. The first kappa shape index (κ1) is 28.1.